The number of carbonyl (C=O) groups is 1. The lowest BCUT2D eigenvalue weighted by Crippen LogP contribution is -2.12. The van der Waals surface area contributed by atoms with Crippen molar-refractivity contribution in [1.82, 2.24) is 14.6 Å². The molecule has 31 heavy (non-hydrogen) atoms. The van der Waals surface area contributed by atoms with Gasteiger partial charge in [0.2, 0.25) is 0 Å². The van der Waals surface area contributed by atoms with Gasteiger partial charge in [-0.05, 0) is 65.9 Å². The molecule has 3 heterocycles. The summed E-state index contributed by atoms with van der Waals surface area (Å²) in [5.74, 6) is -0.198. The number of aryl methyl sites for hydroxylation is 1. The molecule has 0 atom stereocenters. The van der Waals surface area contributed by atoms with Crippen LogP contribution < -0.4 is 0 Å². The lowest BCUT2D eigenvalue weighted by Gasteiger charge is -2.17. The number of aliphatic hydroxyl groups excluding tert-OH is 1. The van der Waals surface area contributed by atoms with Gasteiger partial charge >= 0.3 is 5.97 Å². The monoisotopic (exact) mass is 489 g/mol. The molecule has 0 bridgehead atoms. The third kappa shape index (κ3) is 5.70. The average Bonchev–Trinajstić information content (AvgIpc) is 3.16. The number of fused-ring (bicyclic) bond motifs is 1. The second kappa shape index (κ2) is 11.4. The Morgan fingerprint density at radius 1 is 1.26 bits per heavy atom. The van der Waals surface area contributed by atoms with Crippen LogP contribution in [0.1, 0.15) is 43.6 Å². The Bertz CT molecular complexity index is 1040. The summed E-state index contributed by atoms with van der Waals surface area (Å²) in [5.41, 5.74) is 5.92. The topological polar surface area (TPSA) is 86.0 Å². The molecule has 0 saturated heterocycles. The fraction of sp³-hybridized carbons (Fsp3) is 0.435. The van der Waals surface area contributed by atoms with Crippen LogP contribution in [0, 0.1) is 0 Å². The van der Waals surface area contributed by atoms with E-state index in [4.69, 9.17) is 19.7 Å². The van der Waals surface area contributed by atoms with E-state index in [2.05, 4.69) is 40.0 Å². The molecule has 7 nitrogen and oxygen atoms in total. The largest absolute Gasteiger partial charge is 0.466 e. The van der Waals surface area contributed by atoms with Crippen LogP contribution in [-0.4, -0.2) is 45.5 Å². The number of hydrogen-bond donors (Lipinski definition) is 1. The molecule has 3 aromatic rings. The summed E-state index contributed by atoms with van der Waals surface area (Å²) in [6, 6.07) is 6.20. The number of hydrogen-bond acceptors (Lipinski definition) is 6. The van der Waals surface area contributed by atoms with Gasteiger partial charge in [-0.3, -0.25) is 9.78 Å². The lowest BCUT2D eigenvalue weighted by molar-refractivity contribution is -0.143. The normalized spacial score (nSPS) is 11.2. The number of ether oxygens (including phenoxy) is 2. The summed E-state index contributed by atoms with van der Waals surface area (Å²) in [6.07, 6.45) is 6.06. The molecule has 166 valence electrons. The minimum Gasteiger partial charge on any atom is -0.466 e. The SMILES string of the molecule is CCOC(=O)CCCc1c(COCCO)nn2c(CC)ccc2c1-c1cncc(Br)c1. The second-order valence-corrected chi connectivity index (χ2v) is 8.02. The summed E-state index contributed by atoms with van der Waals surface area (Å²) in [5, 5.41) is 14.0. The van der Waals surface area contributed by atoms with Crippen molar-refractivity contribution in [3.63, 3.8) is 0 Å². The van der Waals surface area contributed by atoms with Crippen LogP contribution in [0.2, 0.25) is 0 Å². The van der Waals surface area contributed by atoms with Gasteiger partial charge in [-0.15, -0.1) is 0 Å². The van der Waals surface area contributed by atoms with Gasteiger partial charge in [-0.25, -0.2) is 4.52 Å². The van der Waals surface area contributed by atoms with Gasteiger partial charge < -0.3 is 14.6 Å². The van der Waals surface area contributed by atoms with Crippen LogP contribution in [0.4, 0.5) is 0 Å². The maximum atomic E-state index is 11.9. The summed E-state index contributed by atoms with van der Waals surface area (Å²) in [6.45, 7) is 4.75. The van der Waals surface area contributed by atoms with Crippen LogP contribution in [0.25, 0.3) is 16.6 Å². The summed E-state index contributed by atoms with van der Waals surface area (Å²) < 4.78 is 13.6. The first-order chi connectivity index (χ1) is 15.1. The highest BCUT2D eigenvalue weighted by Gasteiger charge is 2.19. The maximum absolute atomic E-state index is 11.9. The molecule has 0 aliphatic heterocycles. The highest BCUT2D eigenvalue weighted by Crippen LogP contribution is 2.33. The number of carbonyl (C=O) groups excluding carboxylic acids is 1. The van der Waals surface area contributed by atoms with Gasteiger partial charge in [-0.1, -0.05) is 6.92 Å². The molecule has 8 heteroatoms. The van der Waals surface area contributed by atoms with E-state index in [0.29, 0.717) is 25.9 Å². The van der Waals surface area contributed by atoms with Gasteiger partial charge in [0.1, 0.15) is 0 Å². The van der Waals surface area contributed by atoms with Gasteiger partial charge in [0.05, 0.1) is 37.6 Å². The summed E-state index contributed by atoms with van der Waals surface area (Å²) >= 11 is 3.53. The molecule has 0 amide bonds. The van der Waals surface area contributed by atoms with Crippen LogP contribution in [0.15, 0.2) is 35.1 Å². The fourth-order valence-electron chi connectivity index (χ4n) is 3.66. The smallest absolute Gasteiger partial charge is 0.305 e. The zero-order valence-corrected chi connectivity index (χ0v) is 19.5. The van der Waals surface area contributed by atoms with E-state index in [1.54, 1.807) is 6.20 Å². The average molecular weight is 490 g/mol. The van der Waals surface area contributed by atoms with E-state index < -0.39 is 0 Å². The number of pyridine rings is 1. The van der Waals surface area contributed by atoms with Crippen molar-refractivity contribution < 1.29 is 19.4 Å². The van der Waals surface area contributed by atoms with E-state index in [1.165, 1.54) is 0 Å². The predicted octanol–water partition coefficient (Wildman–Crippen LogP) is 4.12. The Morgan fingerprint density at radius 2 is 2.10 bits per heavy atom. The maximum Gasteiger partial charge on any atom is 0.305 e. The number of rotatable bonds is 11. The molecular formula is C23H28BrN3O4. The first-order valence-electron chi connectivity index (χ1n) is 10.6. The quantitative estimate of drug-likeness (QED) is 0.322. The van der Waals surface area contributed by atoms with E-state index in [9.17, 15) is 4.79 Å². The van der Waals surface area contributed by atoms with E-state index in [-0.39, 0.29) is 25.8 Å². The molecule has 1 N–H and O–H groups in total. The van der Waals surface area contributed by atoms with E-state index >= 15 is 0 Å². The fourth-order valence-corrected chi connectivity index (χ4v) is 4.02. The van der Waals surface area contributed by atoms with E-state index in [1.807, 2.05) is 23.7 Å². The van der Waals surface area contributed by atoms with Crippen molar-refractivity contribution in [3.8, 4) is 11.1 Å². The molecule has 0 saturated carbocycles. The summed E-state index contributed by atoms with van der Waals surface area (Å²) in [4.78, 5) is 16.2. The highest BCUT2D eigenvalue weighted by atomic mass is 79.9. The van der Waals surface area contributed by atoms with Crippen LogP contribution in [-0.2, 0) is 33.7 Å². The number of nitrogens with zero attached hydrogens (tertiary/aromatic N) is 3. The molecular weight excluding hydrogens is 462 g/mol. The first-order valence-corrected chi connectivity index (χ1v) is 11.4. The minimum atomic E-state index is -0.198. The number of aromatic nitrogens is 3. The molecule has 0 unspecified atom stereocenters. The number of aliphatic hydroxyl groups is 1. The molecule has 0 radical (unpaired) electrons. The standard InChI is InChI=1S/C23H28BrN3O4/c1-3-18-8-9-21-23(16-12-17(24)14-25-13-16)19(6-5-7-22(29)31-4-2)20(26-27(18)21)15-30-11-10-28/h8-9,12-14,28H,3-7,10-11,15H2,1-2H3. The van der Waals surface area contributed by atoms with Gasteiger partial charge in [-0.2, -0.15) is 5.10 Å². The van der Waals surface area contributed by atoms with Crippen molar-refractivity contribution in [2.45, 2.75) is 46.1 Å². The van der Waals surface area contributed by atoms with Crippen LogP contribution in [0.5, 0.6) is 0 Å². The zero-order valence-electron chi connectivity index (χ0n) is 17.9. The Morgan fingerprint density at radius 3 is 2.81 bits per heavy atom. The van der Waals surface area contributed by atoms with Crippen molar-refractivity contribution in [1.29, 1.82) is 0 Å². The molecule has 3 aromatic heterocycles. The molecule has 0 spiro atoms. The van der Waals surface area contributed by atoms with Crippen molar-refractivity contribution in [2.75, 3.05) is 19.8 Å². The third-order valence-electron chi connectivity index (χ3n) is 5.00. The van der Waals surface area contributed by atoms with Gasteiger partial charge in [0.15, 0.2) is 0 Å². The molecule has 0 aromatic carbocycles. The number of halogens is 1. The van der Waals surface area contributed by atoms with Crippen LogP contribution >= 0.6 is 15.9 Å². The molecule has 3 rings (SSSR count). The Kier molecular flexibility index (Phi) is 8.57. The number of esters is 1. The Labute approximate surface area is 190 Å². The third-order valence-corrected chi connectivity index (χ3v) is 5.44. The Balaban J connectivity index is 2.11. The van der Waals surface area contributed by atoms with Crippen molar-refractivity contribution in [2.24, 2.45) is 0 Å². The van der Waals surface area contributed by atoms with Crippen molar-refractivity contribution in [3.05, 3.63) is 52.0 Å². The van der Waals surface area contributed by atoms with E-state index in [0.717, 1.165) is 44.5 Å². The lowest BCUT2D eigenvalue weighted by atomic mass is 9.95. The second-order valence-electron chi connectivity index (χ2n) is 7.10. The van der Waals surface area contributed by atoms with Crippen molar-refractivity contribution >= 4 is 27.4 Å². The van der Waals surface area contributed by atoms with Gasteiger partial charge in [0.25, 0.3) is 0 Å². The summed E-state index contributed by atoms with van der Waals surface area (Å²) in [7, 11) is 0. The van der Waals surface area contributed by atoms with Gasteiger partial charge in [0, 0.05) is 40.1 Å². The van der Waals surface area contributed by atoms with Crippen LogP contribution in [0.3, 0.4) is 0 Å². The Hall–Kier alpha value is -2.29. The molecule has 0 fully saturated rings. The minimum absolute atomic E-state index is 0.0490. The highest BCUT2D eigenvalue weighted by molar-refractivity contribution is 9.10. The first kappa shape index (κ1) is 23.4. The zero-order chi connectivity index (χ0) is 22.2. The molecule has 0 aliphatic carbocycles. The molecule has 0 aliphatic rings. The predicted molar refractivity (Wildman–Crippen MR) is 122 cm³/mol.